The lowest BCUT2D eigenvalue weighted by Crippen LogP contribution is -1.90. The molecule has 0 fully saturated rings. The van der Waals surface area contributed by atoms with Crippen LogP contribution in [-0.4, -0.2) is 15.7 Å². The Morgan fingerprint density at radius 2 is 1.61 bits per heavy atom. The van der Waals surface area contributed by atoms with Gasteiger partial charge in [0.2, 0.25) is 0 Å². The van der Waals surface area contributed by atoms with Crippen LogP contribution in [0, 0.1) is 6.92 Å². The molecule has 0 atom stereocenters. The number of benzene rings is 2. The standard InChI is InChI=1S/C19H14N2OS/c1-13-11-21-17(12-22)18(20-19(21)23-13)16-9-7-15(8-10-16)14-5-3-2-4-6-14/h2-12H,1H3. The Morgan fingerprint density at radius 3 is 2.30 bits per heavy atom. The average molecular weight is 318 g/mol. The van der Waals surface area contributed by atoms with E-state index in [1.54, 1.807) is 11.3 Å². The molecule has 0 unspecified atom stereocenters. The molecule has 4 aromatic rings. The fourth-order valence-electron chi connectivity index (χ4n) is 2.75. The molecule has 3 nitrogen and oxygen atoms in total. The number of aromatic nitrogens is 2. The number of rotatable bonds is 3. The quantitative estimate of drug-likeness (QED) is 0.506. The van der Waals surface area contributed by atoms with Gasteiger partial charge in [0.05, 0.1) is 0 Å². The maximum atomic E-state index is 11.5. The molecule has 2 aromatic heterocycles. The Morgan fingerprint density at radius 1 is 0.957 bits per heavy atom. The van der Waals surface area contributed by atoms with Crippen LogP contribution in [0.2, 0.25) is 0 Å². The molecule has 4 rings (SSSR count). The Kier molecular flexibility index (Phi) is 3.32. The van der Waals surface area contributed by atoms with E-state index in [4.69, 9.17) is 0 Å². The summed E-state index contributed by atoms with van der Waals surface area (Å²) in [5.41, 5.74) is 4.64. The van der Waals surface area contributed by atoms with E-state index in [1.807, 2.05) is 47.9 Å². The van der Waals surface area contributed by atoms with Gasteiger partial charge in [0.1, 0.15) is 11.4 Å². The third-order valence-corrected chi connectivity index (χ3v) is 4.75. The van der Waals surface area contributed by atoms with E-state index in [9.17, 15) is 4.79 Å². The van der Waals surface area contributed by atoms with Crippen molar-refractivity contribution >= 4 is 22.6 Å². The number of aldehydes is 1. The molecule has 0 spiro atoms. The van der Waals surface area contributed by atoms with Crippen molar-refractivity contribution < 1.29 is 4.79 Å². The van der Waals surface area contributed by atoms with Gasteiger partial charge < -0.3 is 0 Å². The summed E-state index contributed by atoms with van der Waals surface area (Å²) in [6, 6.07) is 18.4. The summed E-state index contributed by atoms with van der Waals surface area (Å²) >= 11 is 1.59. The lowest BCUT2D eigenvalue weighted by molar-refractivity contribution is 0.111. The zero-order valence-corrected chi connectivity index (χ0v) is 13.4. The molecule has 0 saturated heterocycles. The van der Waals surface area contributed by atoms with Crippen molar-refractivity contribution in [3.8, 4) is 22.4 Å². The Labute approximate surface area is 137 Å². The zero-order valence-electron chi connectivity index (χ0n) is 12.6. The first-order chi connectivity index (χ1) is 11.3. The van der Waals surface area contributed by atoms with Gasteiger partial charge in [0, 0.05) is 16.6 Å². The topological polar surface area (TPSA) is 34.4 Å². The number of nitrogens with zero attached hydrogens (tertiary/aromatic N) is 2. The number of carbonyl (C=O) groups is 1. The number of imidazole rings is 1. The summed E-state index contributed by atoms with van der Waals surface area (Å²) in [5, 5.41) is 0. The maximum Gasteiger partial charge on any atom is 0.195 e. The summed E-state index contributed by atoms with van der Waals surface area (Å²) in [6.07, 6.45) is 2.84. The predicted octanol–water partition coefficient (Wildman–Crippen LogP) is 4.85. The van der Waals surface area contributed by atoms with E-state index in [0.717, 1.165) is 32.9 Å². The second kappa shape index (κ2) is 5.48. The minimum absolute atomic E-state index is 0.608. The third-order valence-electron chi connectivity index (χ3n) is 3.86. The highest BCUT2D eigenvalue weighted by atomic mass is 32.1. The summed E-state index contributed by atoms with van der Waals surface area (Å²) in [7, 11) is 0. The molecule has 0 aliphatic carbocycles. The summed E-state index contributed by atoms with van der Waals surface area (Å²) in [5.74, 6) is 0. The van der Waals surface area contributed by atoms with E-state index in [0.29, 0.717) is 5.69 Å². The van der Waals surface area contributed by atoms with Gasteiger partial charge in [0.25, 0.3) is 0 Å². The van der Waals surface area contributed by atoms with Crippen molar-refractivity contribution in [3.63, 3.8) is 0 Å². The van der Waals surface area contributed by atoms with Crippen LogP contribution in [-0.2, 0) is 0 Å². The highest BCUT2D eigenvalue weighted by molar-refractivity contribution is 7.17. The smallest absolute Gasteiger partial charge is 0.195 e. The van der Waals surface area contributed by atoms with Crippen molar-refractivity contribution in [2.75, 3.05) is 0 Å². The van der Waals surface area contributed by atoms with Crippen LogP contribution in [0.15, 0.2) is 60.8 Å². The summed E-state index contributed by atoms with van der Waals surface area (Å²) < 4.78 is 1.87. The minimum Gasteiger partial charge on any atom is -0.296 e. The molecule has 2 aromatic carbocycles. The number of hydrogen-bond acceptors (Lipinski definition) is 3. The molecular weight excluding hydrogens is 304 g/mol. The first-order valence-corrected chi connectivity index (χ1v) is 8.17. The van der Waals surface area contributed by atoms with Crippen LogP contribution < -0.4 is 0 Å². The molecule has 23 heavy (non-hydrogen) atoms. The van der Waals surface area contributed by atoms with E-state index >= 15 is 0 Å². The Bertz CT molecular complexity index is 982. The number of thiazole rings is 1. The van der Waals surface area contributed by atoms with Gasteiger partial charge in [-0.25, -0.2) is 4.98 Å². The van der Waals surface area contributed by atoms with Crippen molar-refractivity contribution in [2.24, 2.45) is 0 Å². The molecule has 0 N–H and O–H groups in total. The number of aryl methyl sites for hydroxylation is 1. The highest BCUT2D eigenvalue weighted by Gasteiger charge is 2.15. The Hall–Kier alpha value is -2.72. The second-order valence-corrected chi connectivity index (χ2v) is 6.61. The van der Waals surface area contributed by atoms with Gasteiger partial charge in [-0.1, -0.05) is 54.6 Å². The van der Waals surface area contributed by atoms with E-state index in [1.165, 1.54) is 5.56 Å². The van der Waals surface area contributed by atoms with Crippen LogP contribution >= 0.6 is 11.3 Å². The lowest BCUT2D eigenvalue weighted by Gasteiger charge is -2.03. The normalized spacial score (nSPS) is 11.0. The largest absolute Gasteiger partial charge is 0.296 e. The SMILES string of the molecule is Cc1cn2c(C=O)c(-c3ccc(-c4ccccc4)cc3)nc2s1. The van der Waals surface area contributed by atoms with Crippen molar-refractivity contribution in [2.45, 2.75) is 6.92 Å². The van der Waals surface area contributed by atoms with E-state index in [2.05, 4.69) is 29.2 Å². The first kappa shape index (κ1) is 13.9. The molecule has 2 heterocycles. The van der Waals surface area contributed by atoms with Crippen LogP contribution in [0.25, 0.3) is 27.3 Å². The fourth-order valence-corrected chi connectivity index (χ4v) is 3.58. The van der Waals surface area contributed by atoms with E-state index in [-0.39, 0.29) is 0 Å². The number of fused-ring (bicyclic) bond motifs is 1. The summed E-state index contributed by atoms with van der Waals surface area (Å²) in [4.78, 5) is 18.1. The fraction of sp³-hybridized carbons (Fsp3) is 0.0526. The van der Waals surface area contributed by atoms with Gasteiger partial charge in [-0.2, -0.15) is 0 Å². The van der Waals surface area contributed by atoms with Crippen molar-refractivity contribution in [1.82, 2.24) is 9.38 Å². The molecule has 4 heteroatoms. The van der Waals surface area contributed by atoms with Crippen molar-refractivity contribution in [1.29, 1.82) is 0 Å². The maximum absolute atomic E-state index is 11.5. The molecule has 0 aliphatic rings. The predicted molar refractivity (Wildman–Crippen MR) is 94.1 cm³/mol. The number of carbonyl (C=O) groups excluding carboxylic acids is 1. The van der Waals surface area contributed by atoms with Crippen LogP contribution in [0.3, 0.4) is 0 Å². The van der Waals surface area contributed by atoms with Gasteiger partial charge in [0.15, 0.2) is 11.2 Å². The molecule has 0 radical (unpaired) electrons. The molecule has 0 amide bonds. The third kappa shape index (κ3) is 2.37. The zero-order chi connectivity index (χ0) is 15.8. The highest BCUT2D eigenvalue weighted by Crippen LogP contribution is 2.29. The van der Waals surface area contributed by atoms with E-state index < -0.39 is 0 Å². The van der Waals surface area contributed by atoms with Crippen LogP contribution in [0.1, 0.15) is 15.4 Å². The van der Waals surface area contributed by atoms with Crippen LogP contribution in [0.4, 0.5) is 0 Å². The molecular formula is C19H14N2OS. The second-order valence-electron chi connectivity index (χ2n) is 5.40. The molecule has 0 aliphatic heterocycles. The monoisotopic (exact) mass is 318 g/mol. The molecule has 0 bridgehead atoms. The van der Waals surface area contributed by atoms with Crippen molar-refractivity contribution in [3.05, 3.63) is 71.4 Å². The Balaban J connectivity index is 1.79. The van der Waals surface area contributed by atoms with Gasteiger partial charge >= 0.3 is 0 Å². The lowest BCUT2D eigenvalue weighted by atomic mass is 10.0. The van der Waals surface area contributed by atoms with Gasteiger partial charge in [-0.3, -0.25) is 9.20 Å². The van der Waals surface area contributed by atoms with Gasteiger partial charge in [-0.15, -0.1) is 11.3 Å². The van der Waals surface area contributed by atoms with Crippen LogP contribution in [0.5, 0.6) is 0 Å². The molecule has 112 valence electrons. The van der Waals surface area contributed by atoms with Gasteiger partial charge in [-0.05, 0) is 18.1 Å². The number of hydrogen-bond donors (Lipinski definition) is 0. The molecule has 0 saturated carbocycles. The average Bonchev–Trinajstić information content (AvgIpc) is 3.11. The minimum atomic E-state index is 0.608. The first-order valence-electron chi connectivity index (χ1n) is 7.36. The summed E-state index contributed by atoms with van der Waals surface area (Å²) in [6.45, 7) is 2.02.